The number of amides is 2. The molecule has 0 bridgehead atoms. The minimum Gasteiger partial charge on any atom is -0.479 e. The fourth-order valence-corrected chi connectivity index (χ4v) is 2.40. The van der Waals surface area contributed by atoms with Crippen LogP contribution >= 0.6 is 0 Å². The highest BCUT2D eigenvalue weighted by Crippen LogP contribution is 2.20. The molecule has 1 saturated heterocycles. The summed E-state index contributed by atoms with van der Waals surface area (Å²) < 4.78 is 5.12. The Morgan fingerprint density at radius 1 is 1.38 bits per heavy atom. The molecule has 0 spiro atoms. The standard InChI is InChI=1S/C15H20N2O4/c1-2-12(11-6-4-3-5-7-11)16-14(20)17-15(13(18)19)8-9-21-10-15/h3-7,12H,2,8-10H2,1H3,(H,18,19)(H2,16,17,20). The molecule has 0 aromatic heterocycles. The molecule has 1 aromatic rings. The lowest BCUT2D eigenvalue weighted by atomic mass is 9.99. The van der Waals surface area contributed by atoms with Crippen molar-refractivity contribution >= 4 is 12.0 Å². The fraction of sp³-hybridized carbons (Fsp3) is 0.467. The van der Waals surface area contributed by atoms with Gasteiger partial charge in [-0.2, -0.15) is 0 Å². The average Bonchev–Trinajstić information content (AvgIpc) is 2.95. The van der Waals surface area contributed by atoms with E-state index in [2.05, 4.69) is 10.6 Å². The lowest BCUT2D eigenvalue weighted by molar-refractivity contribution is -0.144. The predicted molar refractivity (Wildman–Crippen MR) is 76.9 cm³/mol. The number of carbonyl (C=O) groups is 2. The molecule has 6 heteroatoms. The maximum absolute atomic E-state index is 12.1. The molecule has 6 nitrogen and oxygen atoms in total. The van der Waals surface area contributed by atoms with E-state index in [-0.39, 0.29) is 19.1 Å². The summed E-state index contributed by atoms with van der Waals surface area (Å²) in [5, 5.41) is 14.7. The summed E-state index contributed by atoms with van der Waals surface area (Å²) in [7, 11) is 0. The lowest BCUT2D eigenvalue weighted by Crippen LogP contribution is -2.58. The van der Waals surface area contributed by atoms with Gasteiger partial charge >= 0.3 is 12.0 Å². The summed E-state index contributed by atoms with van der Waals surface area (Å²) in [6, 6.07) is 8.94. The van der Waals surface area contributed by atoms with Crippen molar-refractivity contribution in [2.75, 3.05) is 13.2 Å². The van der Waals surface area contributed by atoms with Crippen molar-refractivity contribution in [1.82, 2.24) is 10.6 Å². The van der Waals surface area contributed by atoms with Gasteiger partial charge in [0.05, 0.1) is 12.6 Å². The van der Waals surface area contributed by atoms with E-state index in [4.69, 9.17) is 4.74 Å². The monoisotopic (exact) mass is 292 g/mol. The van der Waals surface area contributed by atoms with E-state index < -0.39 is 17.5 Å². The van der Waals surface area contributed by atoms with Gasteiger partial charge in [0.25, 0.3) is 0 Å². The van der Waals surface area contributed by atoms with Gasteiger partial charge in [-0.3, -0.25) is 0 Å². The van der Waals surface area contributed by atoms with Crippen LogP contribution in [0.15, 0.2) is 30.3 Å². The first-order valence-corrected chi connectivity index (χ1v) is 7.02. The topological polar surface area (TPSA) is 87.7 Å². The highest BCUT2D eigenvalue weighted by atomic mass is 16.5. The Morgan fingerprint density at radius 3 is 2.62 bits per heavy atom. The van der Waals surface area contributed by atoms with E-state index in [0.717, 1.165) is 5.56 Å². The molecule has 1 heterocycles. The van der Waals surface area contributed by atoms with Crippen molar-refractivity contribution in [2.24, 2.45) is 0 Å². The van der Waals surface area contributed by atoms with Crippen molar-refractivity contribution in [3.05, 3.63) is 35.9 Å². The van der Waals surface area contributed by atoms with Crippen LogP contribution < -0.4 is 10.6 Å². The predicted octanol–water partition coefficient (Wildman–Crippen LogP) is 1.68. The number of urea groups is 1. The quantitative estimate of drug-likeness (QED) is 0.770. The van der Waals surface area contributed by atoms with Crippen LogP contribution in [0.5, 0.6) is 0 Å². The van der Waals surface area contributed by atoms with Crippen molar-refractivity contribution in [1.29, 1.82) is 0 Å². The van der Waals surface area contributed by atoms with Crippen molar-refractivity contribution in [3.63, 3.8) is 0 Å². The largest absolute Gasteiger partial charge is 0.479 e. The Kier molecular flexibility index (Phi) is 4.80. The second kappa shape index (κ2) is 6.58. The third kappa shape index (κ3) is 3.52. The second-order valence-electron chi connectivity index (χ2n) is 5.16. The zero-order valence-electron chi connectivity index (χ0n) is 12.0. The number of carbonyl (C=O) groups excluding carboxylic acids is 1. The van der Waals surface area contributed by atoms with E-state index in [0.29, 0.717) is 13.0 Å². The minimum atomic E-state index is -1.32. The van der Waals surface area contributed by atoms with Gasteiger partial charge in [0, 0.05) is 13.0 Å². The van der Waals surface area contributed by atoms with Crippen LogP contribution in [0.2, 0.25) is 0 Å². The molecule has 0 aliphatic carbocycles. The van der Waals surface area contributed by atoms with Crippen LogP contribution in [0, 0.1) is 0 Å². The van der Waals surface area contributed by atoms with Gasteiger partial charge in [0.1, 0.15) is 0 Å². The summed E-state index contributed by atoms with van der Waals surface area (Å²) in [5.74, 6) is -1.07. The zero-order valence-corrected chi connectivity index (χ0v) is 12.0. The Labute approximate surface area is 123 Å². The molecule has 0 radical (unpaired) electrons. The van der Waals surface area contributed by atoms with Crippen LogP contribution in [-0.4, -0.2) is 35.9 Å². The van der Waals surface area contributed by atoms with Gasteiger partial charge in [0.2, 0.25) is 0 Å². The lowest BCUT2D eigenvalue weighted by Gasteiger charge is -2.26. The Balaban J connectivity index is 2.01. The molecule has 1 aliphatic rings. The minimum absolute atomic E-state index is 0.00210. The zero-order chi connectivity index (χ0) is 15.3. The highest BCUT2D eigenvalue weighted by molar-refractivity contribution is 5.86. The number of ether oxygens (including phenoxy) is 1. The number of aliphatic carboxylic acids is 1. The van der Waals surface area contributed by atoms with Crippen LogP contribution in [0.1, 0.15) is 31.4 Å². The van der Waals surface area contributed by atoms with Crippen LogP contribution in [-0.2, 0) is 9.53 Å². The molecular weight excluding hydrogens is 272 g/mol. The van der Waals surface area contributed by atoms with Gasteiger partial charge < -0.3 is 20.5 Å². The fourth-order valence-electron chi connectivity index (χ4n) is 2.40. The second-order valence-corrected chi connectivity index (χ2v) is 5.16. The molecule has 21 heavy (non-hydrogen) atoms. The SMILES string of the molecule is CCC(NC(=O)NC1(C(=O)O)CCOC1)c1ccccc1. The average molecular weight is 292 g/mol. The van der Waals surface area contributed by atoms with Gasteiger partial charge in [-0.25, -0.2) is 9.59 Å². The van der Waals surface area contributed by atoms with Crippen molar-refractivity contribution in [2.45, 2.75) is 31.3 Å². The number of hydrogen-bond acceptors (Lipinski definition) is 3. The molecule has 2 unspecified atom stereocenters. The third-order valence-electron chi connectivity index (χ3n) is 3.70. The Bertz CT molecular complexity index is 498. The molecule has 3 N–H and O–H groups in total. The molecular formula is C15H20N2O4. The van der Waals surface area contributed by atoms with Crippen LogP contribution in [0.25, 0.3) is 0 Å². The van der Waals surface area contributed by atoms with E-state index in [1.807, 2.05) is 37.3 Å². The molecule has 114 valence electrons. The number of carboxylic acids is 1. The number of nitrogens with one attached hydrogen (secondary N) is 2. The number of hydrogen-bond donors (Lipinski definition) is 3. The van der Waals surface area contributed by atoms with Crippen LogP contribution in [0.3, 0.4) is 0 Å². The van der Waals surface area contributed by atoms with Crippen molar-refractivity contribution in [3.8, 4) is 0 Å². The van der Waals surface area contributed by atoms with E-state index >= 15 is 0 Å². The summed E-state index contributed by atoms with van der Waals surface area (Å²) >= 11 is 0. The first kappa shape index (κ1) is 15.3. The normalized spacial score (nSPS) is 22.5. The third-order valence-corrected chi connectivity index (χ3v) is 3.70. The molecule has 1 aliphatic heterocycles. The van der Waals surface area contributed by atoms with E-state index in [1.165, 1.54) is 0 Å². The molecule has 1 aromatic carbocycles. The maximum atomic E-state index is 12.1. The molecule has 1 fully saturated rings. The summed E-state index contributed by atoms with van der Waals surface area (Å²) in [6.07, 6.45) is 0.992. The number of carboxylic acid groups (broad SMARTS) is 1. The number of rotatable bonds is 5. The molecule has 0 saturated carbocycles. The highest BCUT2D eigenvalue weighted by Gasteiger charge is 2.44. The van der Waals surface area contributed by atoms with Gasteiger partial charge in [-0.1, -0.05) is 37.3 Å². The van der Waals surface area contributed by atoms with E-state index in [9.17, 15) is 14.7 Å². The van der Waals surface area contributed by atoms with Gasteiger partial charge in [0.15, 0.2) is 5.54 Å². The molecule has 2 atom stereocenters. The van der Waals surface area contributed by atoms with Gasteiger partial charge in [-0.05, 0) is 12.0 Å². The summed E-state index contributed by atoms with van der Waals surface area (Å²) in [6.45, 7) is 2.30. The smallest absolute Gasteiger partial charge is 0.332 e. The first-order valence-electron chi connectivity index (χ1n) is 7.02. The van der Waals surface area contributed by atoms with Crippen molar-refractivity contribution < 1.29 is 19.4 Å². The Morgan fingerprint density at radius 2 is 2.10 bits per heavy atom. The van der Waals surface area contributed by atoms with Crippen LogP contribution in [0.4, 0.5) is 4.79 Å². The van der Waals surface area contributed by atoms with E-state index in [1.54, 1.807) is 0 Å². The molecule has 2 rings (SSSR count). The molecule has 2 amide bonds. The maximum Gasteiger partial charge on any atom is 0.332 e. The summed E-state index contributed by atoms with van der Waals surface area (Å²) in [4.78, 5) is 23.5. The Hall–Kier alpha value is -2.08. The van der Waals surface area contributed by atoms with Gasteiger partial charge in [-0.15, -0.1) is 0 Å². The number of benzene rings is 1. The first-order chi connectivity index (χ1) is 10.1. The summed E-state index contributed by atoms with van der Waals surface area (Å²) in [5.41, 5.74) is -0.332.